The van der Waals surface area contributed by atoms with Gasteiger partial charge in [-0.3, -0.25) is 0 Å². The zero-order valence-corrected chi connectivity index (χ0v) is 10.5. The molecule has 2 N–H and O–H groups in total. The maximum absolute atomic E-state index is 5.94. The van der Waals surface area contributed by atoms with Crippen LogP contribution in [0.25, 0.3) is 0 Å². The lowest BCUT2D eigenvalue weighted by Gasteiger charge is -2.34. The molecule has 2 atom stereocenters. The van der Waals surface area contributed by atoms with E-state index in [1.165, 1.54) is 11.1 Å². The van der Waals surface area contributed by atoms with E-state index >= 15 is 0 Å². The highest BCUT2D eigenvalue weighted by Crippen LogP contribution is 2.31. The maximum atomic E-state index is 5.94. The molecule has 0 aliphatic rings. The zero-order chi connectivity index (χ0) is 11.5. The summed E-state index contributed by atoms with van der Waals surface area (Å²) >= 11 is 5.94. The molecule has 1 aromatic rings. The van der Waals surface area contributed by atoms with E-state index in [4.69, 9.17) is 17.3 Å². The Hall–Kier alpha value is -0.530. The van der Waals surface area contributed by atoms with E-state index in [-0.39, 0.29) is 5.41 Å². The van der Waals surface area contributed by atoms with Crippen LogP contribution in [0.4, 0.5) is 0 Å². The number of rotatable bonds is 4. The fourth-order valence-corrected chi connectivity index (χ4v) is 2.05. The number of aryl methyl sites for hydroxylation is 1. The summed E-state index contributed by atoms with van der Waals surface area (Å²) in [5, 5.41) is 0. The molecular weight excluding hydrogens is 206 g/mol. The molecule has 1 aromatic carbocycles. The molecule has 0 radical (unpaired) electrons. The molecule has 0 spiro atoms. The lowest BCUT2D eigenvalue weighted by molar-refractivity contribution is 0.351. The van der Waals surface area contributed by atoms with Crippen molar-refractivity contribution >= 4 is 11.6 Å². The first-order valence-corrected chi connectivity index (χ1v) is 5.91. The van der Waals surface area contributed by atoms with Crippen LogP contribution in [0.15, 0.2) is 24.3 Å². The Kier molecular flexibility index (Phi) is 4.18. The van der Waals surface area contributed by atoms with Crippen molar-refractivity contribution < 1.29 is 0 Å². The van der Waals surface area contributed by atoms with Crippen LogP contribution in [-0.2, 0) is 5.41 Å². The molecule has 0 amide bonds. The van der Waals surface area contributed by atoms with Crippen molar-refractivity contribution in [2.75, 3.05) is 12.4 Å². The first-order valence-electron chi connectivity index (χ1n) is 5.37. The third-order valence-corrected chi connectivity index (χ3v) is 3.92. The molecule has 1 unspecified atom stereocenters. The standard InChI is InChI=1S/C13H20ClN/c1-10-4-6-12(7-5-10)13(3,9-15)11(2)8-14/h4-7,11H,8-9,15H2,1-3H3/t11?,13-/m0/s1. The average Bonchev–Trinajstić information content (AvgIpc) is 2.27. The van der Waals surface area contributed by atoms with Gasteiger partial charge in [-0.1, -0.05) is 43.7 Å². The Morgan fingerprint density at radius 2 is 1.87 bits per heavy atom. The van der Waals surface area contributed by atoms with Gasteiger partial charge in [-0.25, -0.2) is 0 Å². The van der Waals surface area contributed by atoms with Crippen LogP contribution in [-0.4, -0.2) is 12.4 Å². The van der Waals surface area contributed by atoms with E-state index in [2.05, 4.69) is 45.0 Å². The van der Waals surface area contributed by atoms with E-state index in [0.29, 0.717) is 18.3 Å². The highest BCUT2D eigenvalue weighted by molar-refractivity contribution is 6.18. The summed E-state index contributed by atoms with van der Waals surface area (Å²) in [6.45, 7) is 7.06. The number of alkyl halides is 1. The fourth-order valence-electron chi connectivity index (χ4n) is 1.71. The van der Waals surface area contributed by atoms with Gasteiger partial charge >= 0.3 is 0 Å². The van der Waals surface area contributed by atoms with Crippen molar-refractivity contribution in [1.29, 1.82) is 0 Å². The van der Waals surface area contributed by atoms with Crippen LogP contribution in [0, 0.1) is 12.8 Å². The number of hydrogen-bond acceptors (Lipinski definition) is 1. The van der Waals surface area contributed by atoms with E-state index < -0.39 is 0 Å². The zero-order valence-electron chi connectivity index (χ0n) is 9.76. The van der Waals surface area contributed by atoms with Crippen LogP contribution in [0.1, 0.15) is 25.0 Å². The second kappa shape index (κ2) is 5.00. The first kappa shape index (κ1) is 12.5. The summed E-state index contributed by atoms with van der Waals surface area (Å²) in [6.07, 6.45) is 0. The minimum atomic E-state index is -0.0184. The van der Waals surface area contributed by atoms with Crippen LogP contribution in [0.5, 0.6) is 0 Å². The molecule has 0 fully saturated rings. The molecule has 84 valence electrons. The third-order valence-electron chi connectivity index (χ3n) is 3.45. The summed E-state index contributed by atoms with van der Waals surface area (Å²) in [7, 11) is 0. The molecule has 0 saturated carbocycles. The number of nitrogens with two attached hydrogens (primary N) is 1. The molecule has 0 aliphatic heterocycles. The van der Waals surface area contributed by atoms with Gasteiger partial charge in [-0.05, 0) is 18.4 Å². The Bertz CT molecular complexity index is 307. The van der Waals surface area contributed by atoms with Gasteiger partial charge in [0.1, 0.15) is 0 Å². The summed E-state index contributed by atoms with van der Waals surface area (Å²) in [5.74, 6) is 1.02. The van der Waals surface area contributed by atoms with Gasteiger partial charge in [0.25, 0.3) is 0 Å². The molecule has 0 bridgehead atoms. The Balaban J connectivity index is 3.05. The van der Waals surface area contributed by atoms with Gasteiger partial charge in [-0.15, -0.1) is 11.6 Å². The predicted molar refractivity (Wildman–Crippen MR) is 67.5 cm³/mol. The van der Waals surface area contributed by atoms with Gasteiger partial charge < -0.3 is 5.73 Å². The average molecular weight is 226 g/mol. The Morgan fingerprint density at radius 1 is 1.33 bits per heavy atom. The Labute approximate surface area is 97.6 Å². The van der Waals surface area contributed by atoms with E-state index in [9.17, 15) is 0 Å². The van der Waals surface area contributed by atoms with Crippen LogP contribution in [0.3, 0.4) is 0 Å². The molecule has 0 aliphatic carbocycles. The van der Waals surface area contributed by atoms with Crippen molar-refractivity contribution in [2.45, 2.75) is 26.2 Å². The normalized spacial score (nSPS) is 17.1. The van der Waals surface area contributed by atoms with Gasteiger partial charge in [0.15, 0.2) is 0 Å². The molecule has 0 saturated heterocycles. The molecule has 2 heteroatoms. The molecular formula is C13H20ClN. The van der Waals surface area contributed by atoms with Crippen molar-refractivity contribution in [3.63, 3.8) is 0 Å². The summed E-state index contributed by atoms with van der Waals surface area (Å²) < 4.78 is 0. The van der Waals surface area contributed by atoms with Gasteiger partial charge in [-0.2, -0.15) is 0 Å². The second-order valence-electron chi connectivity index (χ2n) is 4.54. The van der Waals surface area contributed by atoms with Crippen molar-refractivity contribution in [2.24, 2.45) is 11.7 Å². The van der Waals surface area contributed by atoms with Gasteiger partial charge in [0.05, 0.1) is 0 Å². The Morgan fingerprint density at radius 3 is 2.27 bits per heavy atom. The lowest BCUT2D eigenvalue weighted by Crippen LogP contribution is -2.39. The van der Waals surface area contributed by atoms with Crippen LogP contribution < -0.4 is 5.73 Å². The van der Waals surface area contributed by atoms with Crippen LogP contribution in [0.2, 0.25) is 0 Å². The van der Waals surface area contributed by atoms with Gasteiger partial charge in [0.2, 0.25) is 0 Å². The highest BCUT2D eigenvalue weighted by Gasteiger charge is 2.30. The molecule has 1 nitrogen and oxygen atoms in total. The van der Waals surface area contributed by atoms with E-state index in [0.717, 1.165) is 0 Å². The third kappa shape index (κ3) is 2.53. The molecule has 0 aromatic heterocycles. The van der Waals surface area contributed by atoms with Crippen LogP contribution >= 0.6 is 11.6 Å². The van der Waals surface area contributed by atoms with E-state index in [1.807, 2.05) is 0 Å². The minimum Gasteiger partial charge on any atom is -0.330 e. The quantitative estimate of drug-likeness (QED) is 0.784. The maximum Gasteiger partial charge on any atom is 0.0258 e. The molecule has 1 rings (SSSR count). The monoisotopic (exact) mass is 225 g/mol. The second-order valence-corrected chi connectivity index (χ2v) is 4.85. The number of hydrogen-bond donors (Lipinski definition) is 1. The summed E-state index contributed by atoms with van der Waals surface area (Å²) in [6, 6.07) is 8.57. The number of halogens is 1. The topological polar surface area (TPSA) is 26.0 Å². The molecule has 0 heterocycles. The van der Waals surface area contributed by atoms with Crippen molar-refractivity contribution in [3.8, 4) is 0 Å². The molecule has 15 heavy (non-hydrogen) atoms. The van der Waals surface area contributed by atoms with Crippen molar-refractivity contribution in [1.82, 2.24) is 0 Å². The minimum absolute atomic E-state index is 0.0184. The fraction of sp³-hybridized carbons (Fsp3) is 0.538. The summed E-state index contributed by atoms with van der Waals surface area (Å²) in [4.78, 5) is 0. The highest BCUT2D eigenvalue weighted by atomic mass is 35.5. The lowest BCUT2D eigenvalue weighted by atomic mass is 9.73. The first-order chi connectivity index (χ1) is 7.04. The van der Waals surface area contributed by atoms with Gasteiger partial charge in [0, 0.05) is 17.8 Å². The predicted octanol–water partition coefficient (Wildman–Crippen LogP) is 3.09. The smallest absolute Gasteiger partial charge is 0.0258 e. The SMILES string of the molecule is Cc1ccc([C@@](C)(CN)C(C)CCl)cc1. The summed E-state index contributed by atoms with van der Waals surface area (Å²) in [5.41, 5.74) is 8.43. The van der Waals surface area contributed by atoms with Crippen molar-refractivity contribution in [3.05, 3.63) is 35.4 Å². The number of benzene rings is 1. The van der Waals surface area contributed by atoms with E-state index in [1.54, 1.807) is 0 Å². The largest absolute Gasteiger partial charge is 0.330 e.